The highest BCUT2D eigenvalue weighted by molar-refractivity contribution is 9.10. The molecule has 2 aromatic heterocycles. The Kier molecular flexibility index (Phi) is 4.12. The third-order valence-electron chi connectivity index (χ3n) is 3.56. The van der Waals surface area contributed by atoms with Crippen molar-refractivity contribution in [3.8, 4) is 0 Å². The lowest BCUT2D eigenvalue weighted by Gasteiger charge is -2.35. The topological polar surface area (TPSA) is 67.7 Å². The first-order chi connectivity index (χ1) is 10.2. The molecule has 2 heterocycles. The number of nitrogens with zero attached hydrogens (tertiary/aromatic N) is 2. The Morgan fingerprint density at radius 2 is 2.38 bits per heavy atom. The number of ether oxygens (including phenoxy) is 1. The summed E-state index contributed by atoms with van der Waals surface area (Å²) in [5, 5.41) is 5.77. The van der Waals surface area contributed by atoms with E-state index in [1.807, 2.05) is 29.7 Å². The summed E-state index contributed by atoms with van der Waals surface area (Å²) in [4.78, 5) is 16.3. The van der Waals surface area contributed by atoms with Crippen molar-refractivity contribution in [3.05, 3.63) is 29.0 Å². The van der Waals surface area contributed by atoms with Gasteiger partial charge in [0.25, 0.3) is 0 Å². The Balaban J connectivity index is 1.59. The van der Waals surface area contributed by atoms with E-state index < -0.39 is 0 Å². The Labute approximate surface area is 131 Å². The molecule has 0 aromatic carbocycles. The van der Waals surface area contributed by atoms with Gasteiger partial charge in [-0.2, -0.15) is 0 Å². The first kappa shape index (κ1) is 14.3. The molecule has 0 unspecified atom stereocenters. The summed E-state index contributed by atoms with van der Waals surface area (Å²) in [5.74, 6) is 0.643. The van der Waals surface area contributed by atoms with E-state index in [9.17, 15) is 4.79 Å². The summed E-state index contributed by atoms with van der Waals surface area (Å²) < 4.78 is 8.19. The second-order valence-corrected chi connectivity index (χ2v) is 5.89. The molecule has 0 aliphatic heterocycles. The fourth-order valence-corrected chi connectivity index (χ4v) is 2.91. The molecule has 3 rings (SSSR count). The summed E-state index contributed by atoms with van der Waals surface area (Å²) in [5.41, 5.74) is 0.771. The number of rotatable bonds is 4. The number of carbonyl (C=O) groups is 1. The van der Waals surface area contributed by atoms with E-state index in [0.29, 0.717) is 5.82 Å². The molecular formula is C14H17BrN4O2. The van der Waals surface area contributed by atoms with E-state index in [4.69, 9.17) is 4.74 Å². The van der Waals surface area contributed by atoms with Crippen LogP contribution in [-0.4, -0.2) is 34.2 Å². The second kappa shape index (κ2) is 6.03. The van der Waals surface area contributed by atoms with Crippen LogP contribution in [0.3, 0.4) is 0 Å². The molecule has 1 saturated carbocycles. The van der Waals surface area contributed by atoms with Crippen molar-refractivity contribution in [2.45, 2.75) is 31.9 Å². The first-order valence-electron chi connectivity index (χ1n) is 6.98. The van der Waals surface area contributed by atoms with Gasteiger partial charge in [0.1, 0.15) is 5.82 Å². The molecule has 7 heteroatoms. The summed E-state index contributed by atoms with van der Waals surface area (Å²) in [6.07, 6.45) is 5.53. The van der Waals surface area contributed by atoms with E-state index >= 15 is 0 Å². The second-order valence-electron chi connectivity index (χ2n) is 5.04. The Hall–Kier alpha value is -1.60. The van der Waals surface area contributed by atoms with Gasteiger partial charge >= 0.3 is 6.03 Å². The largest absolute Gasteiger partial charge is 0.378 e. The number of hydrogen-bond donors (Lipinski definition) is 2. The molecule has 6 nitrogen and oxygen atoms in total. The van der Waals surface area contributed by atoms with Crippen LogP contribution in [0.25, 0.3) is 5.65 Å². The smallest absolute Gasteiger partial charge is 0.320 e. The molecule has 21 heavy (non-hydrogen) atoms. The van der Waals surface area contributed by atoms with Gasteiger partial charge in [0.05, 0.1) is 16.8 Å². The average Bonchev–Trinajstić information content (AvgIpc) is 2.81. The number of nitrogens with one attached hydrogen (secondary N) is 2. The van der Waals surface area contributed by atoms with Gasteiger partial charge in [-0.25, -0.2) is 9.78 Å². The van der Waals surface area contributed by atoms with Crippen molar-refractivity contribution >= 4 is 33.4 Å². The van der Waals surface area contributed by atoms with Gasteiger partial charge in [0.15, 0.2) is 5.65 Å². The molecule has 0 saturated heterocycles. The molecule has 0 atom stereocenters. The summed E-state index contributed by atoms with van der Waals surface area (Å²) in [7, 11) is 0. The number of anilines is 1. The lowest BCUT2D eigenvalue weighted by Crippen LogP contribution is -2.49. The van der Waals surface area contributed by atoms with Crippen LogP contribution in [0.4, 0.5) is 10.6 Å². The average molecular weight is 353 g/mol. The van der Waals surface area contributed by atoms with Crippen molar-refractivity contribution in [2.24, 2.45) is 0 Å². The van der Waals surface area contributed by atoms with E-state index in [-0.39, 0.29) is 18.2 Å². The number of urea groups is 1. The van der Waals surface area contributed by atoms with Gasteiger partial charge in [-0.05, 0) is 47.8 Å². The number of imidazole rings is 1. The van der Waals surface area contributed by atoms with Crippen LogP contribution < -0.4 is 10.6 Å². The van der Waals surface area contributed by atoms with Gasteiger partial charge in [0.2, 0.25) is 0 Å². The van der Waals surface area contributed by atoms with Crippen LogP contribution in [0, 0.1) is 0 Å². The molecule has 0 bridgehead atoms. The summed E-state index contributed by atoms with van der Waals surface area (Å²) >= 11 is 3.43. The zero-order valence-corrected chi connectivity index (χ0v) is 13.3. The Morgan fingerprint density at radius 1 is 1.57 bits per heavy atom. The predicted octanol–water partition coefficient (Wildman–Crippen LogP) is 2.79. The number of pyridine rings is 1. The number of fused-ring (bicyclic) bond motifs is 1. The zero-order chi connectivity index (χ0) is 14.8. The third-order valence-corrected chi connectivity index (χ3v) is 4.18. The zero-order valence-electron chi connectivity index (χ0n) is 11.7. The molecule has 2 aromatic rings. The van der Waals surface area contributed by atoms with Crippen LogP contribution in [-0.2, 0) is 4.74 Å². The number of amides is 2. The summed E-state index contributed by atoms with van der Waals surface area (Å²) in [6, 6.07) is 3.78. The molecule has 1 aliphatic rings. The Morgan fingerprint density at radius 3 is 3.14 bits per heavy atom. The van der Waals surface area contributed by atoms with E-state index in [1.165, 1.54) is 0 Å². The minimum atomic E-state index is -0.211. The SMILES string of the molecule is CCOC1CC(NC(=O)Nc2cnc3c(Br)cccn23)C1. The fourth-order valence-electron chi connectivity index (χ4n) is 2.46. The first-order valence-corrected chi connectivity index (χ1v) is 7.77. The normalized spacial score (nSPS) is 21.0. The lowest BCUT2D eigenvalue weighted by molar-refractivity contribution is -0.00673. The standard InChI is InChI=1S/C14H17BrN4O2/c1-2-21-10-6-9(7-10)17-14(20)18-12-8-16-13-11(15)4-3-5-19(12)13/h3-5,8-10H,2,6-7H2,1H3,(H2,17,18,20). The van der Waals surface area contributed by atoms with Crippen molar-refractivity contribution in [3.63, 3.8) is 0 Å². The predicted molar refractivity (Wildman–Crippen MR) is 83.5 cm³/mol. The molecule has 2 amide bonds. The van der Waals surface area contributed by atoms with Crippen LogP contribution >= 0.6 is 15.9 Å². The number of hydrogen-bond acceptors (Lipinski definition) is 3. The number of halogens is 1. The van der Waals surface area contributed by atoms with Crippen LogP contribution in [0.15, 0.2) is 29.0 Å². The Bertz CT molecular complexity index is 651. The van der Waals surface area contributed by atoms with Gasteiger partial charge in [-0.1, -0.05) is 0 Å². The fraction of sp³-hybridized carbons (Fsp3) is 0.429. The van der Waals surface area contributed by atoms with Crippen molar-refractivity contribution in [1.29, 1.82) is 0 Å². The van der Waals surface area contributed by atoms with Gasteiger partial charge < -0.3 is 10.1 Å². The molecule has 1 fully saturated rings. The monoisotopic (exact) mass is 352 g/mol. The van der Waals surface area contributed by atoms with Gasteiger partial charge in [-0.3, -0.25) is 9.72 Å². The van der Waals surface area contributed by atoms with E-state index in [2.05, 4.69) is 31.5 Å². The number of carbonyl (C=O) groups excluding carboxylic acids is 1. The van der Waals surface area contributed by atoms with Crippen molar-refractivity contribution < 1.29 is 9.53 Å². The highest BCUT2D eigenvalue weighted by Crippen LogP contribution is 2.23. The molecule has 112 valence electrons. The maximum atomic E-state index is 12.0. The molecule has 0 radical (unpaired) electrons. The summed E-state index contributed by atoms with van der Waals surface area (Å²) in [6.45, 7) is 2.70. The number of aromatic nitrogens is 2. The third kappa shape index (κ3) is 3.03. The minimum absolute atomic E-state index is 0.187. The minimum Gasteiger partial charge on any atom is -0.378 e. The maximum Gasteiger partial charge on any atom is 0.320 e. The quantitative estimate of drug-likeness (QED) is 0.888. The maximum absolute atomic E-state index is 12.0. The molecular weight excluding hydrogens is 336 g/mol. The van der Waals surface area contributed by atoms with Crippen LogP contribution in [0.5, 0.6) is 0 Å². The van der Waals surface area contributed by atoms with Crippen LogP contribution in [0.2, 0.25) is 0 Å². The highest BCUT2D eigenvalue weighted by atomic mass is 79.9. The van der Waals surface area contributed by atoms with Crippen molar-refractivity contribution in [2.75, 3.05) is 11.9 Å². The van der Waals surface area contributed by atoms with Crippen LogP contribution in [0.1, 0.15) is 19.8 Å². The van der Waals surface area contributed by atoms with Gasteiger partial charge in [-0.15, -0.1) is 0 Å². The highest BCUT2D eigenvalue weighted by Gasteiger charge is 2.30. The molecule has 1 aliphatic carbocycles. The van der Waals surface area contributed by atoms with Gasteiger partial charge in [0, 0.05) is 18.8 Å². The van der Waals surface area contributed by atoms with Crippen molar-refractivity contribution in [1.82, 2.24) is 14.7 Å². The van der Waals surface area contributed by atoms with E-state index in [1.54, 1.807) is 6.20 Å². The molecule has 0 spiro atoms. The molecule has 2 N–H and O–H groups in total. The lowest BCUT2D eigenvalue weighted by atomic mass is 9.89. The van der Waals surface area contributed by atoms with E-state index in [0.717, 1.165) is 29.6 Å².